The Hall–Kier alpha value is -0.730. The molecule has 0 rings (SSSR count). The van der Waals surface area contributed by atoms with Gasteiger partial charge in [0.1, 0.15) is 0 Å². The normalized spacial score (nSPS) is 11.5. The molecule has 0 saturated carbocycles. The molecule has 0 aliphatic heterocycles. The molecule has 0 radical (unpaired) electrons. The average molecular weight is 159 g/mol. The largest absolute Gasteiger partial charge is 0.453 e. The van der Waals surface area contributed by atoms with Crippen LogP contribution in [0.5, 0.6) is 0 Å². The average Bonchev–Trinajstić information content (AvgIpc) is 1.86. The van der Waals surface area contributed by atoms with Gasteiger partial charge in [-0.2, -0.15) is 0 Å². The van der Waals surface area contributed by atoms with Gasteiger partial charge in [-0.15, -0.1) is 0 Å². The minimum absolute atomic E-state index is 0.201. The van der Waals surface area contributed by atoms with E-state index in [1.807, 2.05) is 13.8 Å². The monoisotopic (exact) mass is 159 g/mol. The fourth-order valence-corrected chi connectivity index (χ4v) is 0.458. The first-order valence-corrected chi connectivity index (χ1v) is 3.76. The van der Waals surface area contributed by atoms with Gasteiger partial charge >= 0.3 is 6.09 Å². The Bertz CT molecular complexity index is 141. The highest BCUT2D eigenvalue weighted by molar-refractivity contribution is 5.67. The zero-order valence-electron chi connectivity index (χ0n) is 7.89. The number of carbonyl (C=O) groups excluding carboxylic acids is 1. The summed E-state index contributed by atoms with van der Waals surface area (Å²) < 4.78 is 4.49. The molecular formula is C8H17NO2. The molecule has 0 fully saturated rings. The van der Waals surface area contributed by atoms with Gasteiger partial charge in [0.25, 0.3) is 0 Å². The van der Waals surface area contributed by atoms with Gasteiger partial charge in [-0.25, -0.2) is 4.79 Å². The van der Waals surface area contributed by atoms with E-state index in [0.29, 0.717) is 5.92 Å². The van der Waals surface area contributed by atoms with Crippen molar-refractivity contribution in [2.45, 2.75) is 33.2 Å². The first kappa shape index (κ1) is 10.3. The molecule has 1 N–H and O–H groups in total. The van der Waals surface area contributed by atoms with Gasteiger partial charge in [0, 0.05) is 5.54 Å². The molecule has 66 valence electrons. The Morgan fingerprint density at radius 1 is 1.45 bits per heavy atom. The van der Waals surface area contributed by atoms with Crippen molar-refractivity contribution in [1.29, 1.82) is 0 Å². The summed E-state index contributed by atoms with van der Waals surface area (Å²) in [5, 5.41) is 2.74. The molecule has 0 heterocycles. The van der Waals surface area contributed by atoms with Crippen LogP contribution in [0.15, 0.2) is 0 Å². The summed E-state index contributed by atoms with van der Waals surface area (Å²) in [5.41, 5.74) is -0.201. The summed E-state index contributed by atoms with van der Waals surface area (Å²) in [6.45, 7) is 8.04. The van der Waals surface area contributed by atoms with E-state index in [9.17, 15) is 4.79 Å². The Labute approximate surface area is 68.1 Å². The third kappa shape index (κ3) is 3.25. The molecule has 0 aromatic rings. The van der Waals surface area contributed by atoms with Crippen molar-refractivity contribution in [3.63, 3.8) is 0 Å². The van der Waals surface area contributed by atoms with Gasteiger partial charge in [-0.1, -0.05) is 13.8 Å². The topological polar surface area (TPSA) is 38.3 Å². The highest BCUT2D eigenvalue weighted by Gasteiger charge is 2.24. The Morgan fingerprint density at radius 3 is 2.18 bits per heavy atom. The second kappa shape index (κ2) is 3.60. The second-order valence-corrected chi connectivity index (χ2v) is 3.49. The number of ether oxygens (including phenoxy) is 1. The molecule has 0 unspecified atom stereocenters. The number of methoxy groups -OCH3 is 1. The first-order chi connectivity index (χ1) is 4.90. The highest BCUT2D eigenvalue weighted by Crippen LogP contribution is 2.14. The Kier molecular flexibility index (Phi) is 3.36. The number of alkyl carbamates (subject to hydrolysis) is 1. The zero-order chi connectivity index (χ0) is 9.07. The summed E-state index contributed by atoms with van der Waals surface area (Å²) in [4.78, 5) is 10.8. The predicted molar refractivity (Wildman–Crippen MR) is 44.5 cm³/mol. The fourth-order valence-electron chi connectivity index (χ4n) is 0.458. The lowest BCUT2D eigenvalue weighted by atomic mass is 9.91. The van der Waals surface area contributed by atoms with E-state index < -0.39 is 0 Å². The van der Waals surface area contributed by atoms with Crippen molar-refractivity contribution in [3.8, 4) is 0 Å². The third-order valence-electron chi connectivity index (χ3n) is 2.05. The number of carbonyl (C=O) groups is 1. The maximum Gasteiger partial charge on any atom is 0.407 e. The minimum Gasteiger partial charge on any atom is -0.453 e. The van der Waals surface area contributed by atoms with E-state index in [0.717, 1.165) is 0 Å². The minimum atomic E-state index is -0.372. The predicted octanol–water partition coefficient (Wildman–Crippen LogP) is 1.78. The SMILES string of the molecule is COC(=O)NC(C)(C)C(C)C. The van der Waals surface area contributed by atoms with Crippen molar-refractivity contribution >= 4 is 6.09 Å². The van der Waals surface area contributed by atoms with Crippen LogP contribution in [0.3, 0.4) is 0 Å². The molecule has 3 heteroatoms. The molecule has 0 bridgehead atoms. The van der Waals surface area contributed by atoms with E-state index in [1.54, 1.807) is 0 Å². The number of hydrogen-bond donors (Lipinski definition) is 1. The molecule has 0 aliphatic carbocycles. The fraction of sp³-hybridized carbons (Fsp3) is 0.875. The summed E-state index contributed by atoms with van der Waals surface area (Å²) in [6.07, 6.45) is -0.372. The molecule has 0 aliphatic rings. The van der Waals surface area contributed by atoms with Crippen LogP contribution in [-0.4, -0.2) is 18.7 Å². The highest BCUT2D eigenvalue weighted by atomic mass is 16.5. The van der Waals surface area contributed by atoms with Crippen LogP contribution in [0, 0.1) is 5.92 Å². The molecule has 1 amide bonds. The number of rotatable bonds is 2. The van der Waals surface area contributed by atoms with Gasteiger partial charge in [0.15, 0.2) is 0 Å². The second-order valence-electron chi connectivity index (χ2n) is 3.49. The molecule has 3 nitrogen and oxygen atoms in total. The zero-order valence-corrected chi connectivity index (χ0v) is 7.89. The summed E-state index contributed by atoms with van der Waals surface area (Å²) in [7, 11) is 1.37. The lowest BCUT2D eigenvalue weighted by Crippen LogP contribution is -2.47. The maximum absolute atomic E-state index is 10.8. The molecule has 11 heavy (non-hydrogen) atoms. The van der Waals surface area contributed by atoms with Crippen molar-refractivity contribution in [3.05, 3.63) is 0 Å². The first-order valence-electron chi connectivity index (χ1n) is 3.76. The maximum atomic E-state index is 10.8. The van der Waals surface area contributed by atoms with Crippen molar-refractivity contribution in [1.82, 2.24) is 5.32 Å². The summed E-state index contributed by atoms with van der Waals surface area (Å²) in [6, 6.07) is 0. The molecule has 0 aromatic carbocycles. The molecule has 0 atom stereocenters. The van der Waals surface area contributed by atoms with Crippen molar-refractivity contribution in [2.75, 3.05) is 7.11 Å². The van der Waals surface area contributed by atoms with Crippen LogP contribution in [0.2, 0.25) is 0 Å². The van der Waals surface area contributed by atoms with E-state index >= 15 is 0 Å². The molecular weight excluding hydrogens is 142 g/mol. The third-order valence-corrected chi connectivity index (χ3v) is 2.05. The number of amides is 1. The van der Waals surface area contributed by atoms with Crippen molar-refractivity contribution in [2.24, 2.45) is 5.92 Å². The van der Waals surface area contributed by atoms with E-state index in [2.05, 4.69) is 23.9 Å². The molecule has 0 aromatic heterocycles. The van der Waals surface area contributed by atoms with Crippen LogP contribution in [0.4, 0.5) is 4.79 Å². The van der Waals surface area contributed by atoms with Crippen LogP contribution in [0.25, 0.3) is 0 Å². The van der Waals surface area contributed by atoms with Crippen molar-refractivity contribution < 1.29 is 9.53 Å². The smallest absolute Gasteiger partial charge is 0.407 e. The number of hydrogen-bond acceptors (Lipinski definition) is 2. The van der Waals surface area contributed by atoms with Crippen LogP contribution in [-0.2, 0) is 4.74 Å². The van der Waals surface area contributed by atoms with Crippen LogP contribution < -0.4 is 5.32 Å². The van der Waals surface area contributed by atoms with E-state index in [1.165, 1.54) is 7.11 Å². The Morgan fingerprint density at radius 2 is 1.91 bits per heavy atom. The van der Waals surface area contributed by atoms with Crippen LogP contribution >= 0.6 is 0 Å². The quantitative estimate of drug-likeness (QED) is 0.667. The lowest BCUT2D eigenvalue weighted by Gasteiger charge is -2.29. The summed E-state index contributed by atoms with van der Waals surface area (Å²) >= 11 is 0. The summed E-state index contributed by atoms with van der Waals surface area (Å²) in [5.74, 6) is 0.390. The van der Waals surface area contributed by atoms with Gasteiger partial charge in [0.05, 0.1) is 7.11 Å². The standard InChI is InChI=1S/C8H17NO2/c1-6(2)8(3,4)9-7(10)11-5/h6H,1-5H3,(H,9,10). The van der Waals surface area contributed by atoms with Gasteiger partial charge in [-0.05, 0) is 19.8 Å². The lowest BCUT2D eigenvalue weighted by molar-refractivity contribution is 0.151. The van der Waals surface area contributed by atoms with Gasteiger partial charge < -0.3 is 10.1 Å². The molecule has 0 spiro atoms. The molecule has 0 saturated heterocycles. The van der Waals surface area contributed by atoms with E-state index in [4.69, 9.17) is 0 Å². The number of nitrogens with one attached hydrogen (secondary N) is 1. The van der Waals surface area contributed by atoms with Crippen LogP contribution in [0.1, 0.15) is 27.7 Å². The van der Waals surface area contributed by atoms with Gasteiger partial charge in [0.2, 0.25) is 0 Å². The van der Waals surface area contributed by atoms with E-state index in [-0.39, 0.29) is 11.6 Å². The van der Waals surface area contributed by atoms with Gasteiger partial charge in [-0.3, -0.25) is 0 Å². The Balaban J connectivity index is 4.01.